The standard InChI is InChI=1S/C30H50O3/c1-25(2)21-12-17-29(7)22(27(21,5)15-13-23(25)31)10-9-19-20(11-16-28(19,29)6)30(8)18-14-24(33-30)26(3,4)32/h19-22,24,32H,9-18H2,1-8H3/t19?,20?,21?,22?,24?,27-,28+,29+,30-/m0/s1. The highest BCUT2D eigenvalue weighted by molar-refractivity contribution is 5.85. The molecule has 1 heterocycles. The normalized spacial score (nSPS) is 54.0. The van der Waals surface area contributed by atoms with Gasteiger partial charge in [-0.05, 0) is 118 Å². The summed E-state index contributed by atoms with van der Waals surface area (Å²) in [4.78, 5) is 12.9. The molecule has 0 aromatic carbocycles. The molecule has 3 nitrogen and oxygen atoms in total. The van der Waals surface area contributed by atoms with Crippen molar-refractivity contribution < 1.29 is 14.6 Å². The van der Waals surface area contributed by atoms with Crippen LogP contribution in [0.5, 0.6) is 0 Å². The second-order valence-electron chi connectivity index (χ2n) is 15.1. The Morgan fingerprint density at radius 1 is 0.788 bits per heavy atom. The minimum absolute atomic E-state index is 0.0439. The lowest BCUT2D eigenvalue weighted by atomic mass is 9.35. The first-order chi connectivity index (χ1) is 15.1. The highest BCUT2D eigenvalue weighted by Crippen LogP contribution is 2.75. The van der Waals surface area contributed by atoms with Gasteiger partial charge in [0.05, 0.1) is 17.3 Å². The van der Waals surface area contributed by atoms with Gasteiger partial charge in [0.1, 0.15) is 5.78 Å². The molecule has 1 aliphatic heterocycles. The third-order valence-corrected chi connectivity index (χ3v) is 13.0. The van der Waals surface area contributed by atoms with Crippen molar-refractivity contribution in [3.8, 4) is 0 Å². The molecule has 9 atom stereocenters. The first kappa shape index (κ1) is 24.3. The van der Waals surface area contributed by atoms with Crippen molar-refractivity contribution >= 4 is 5.78 Å². The predicted molar refractivity (Wildman–Crippen MR) is 133 cm³/mol. The van der Waals surface area contributed by atoms with E-state index in [2.05, 4.69) is 41.5 Å². The largest absolute Gasteiger partial charge is 0.388 e. The summed E-state index contributed by atoms with van der Waals surface area (Å²) in [6.07, 6.45) is 11.6. The lowest BCUT2D eigenvalue weighted by Gasteiger charge is -2.69. The molecule has 5 fully saturated rings. The predicted octanol–water partition coefficient (Wildman–Crippen LogP) is 6.95. The van der Waals surface area contributed by atoms with Crippen molar-refractivity contribution in [2.45, 2.75) is 137 Å². The van der Waals surface area contributed by atoms with Crippen molar-refractivity contribution in [3.05, 3.63) is 0 Å². The van der Waals surface area contributed by atoms with Gasteiger partial charge in [-0.1, -0.05) is 34.6 Å². The van der Waals surface area contributed by atoms with Crippen LogP contribution in [0.2, 0.25) is 0 Å². The molecule has 5 rings (SSSR count). The van der Waals surface area contributed by atoms with Crippen LogP contribution in [0.3, 0.4) is 0 Å². The molecule has 0 radical (unpaired) electrons. The zero-order valence-electron chi connectivity index (χ0n) is 22.7. The van der Waals surface area contributed by atoms with E-state index in [0.717, 1.165) is 31.6 Å². The molecule has 4 aliphatic carbocycles. The van der Waals surface area contributed by atoms with E-state index in [1.165, 1.54) is 38.5 Å². The number of ketones is 1. The van der Waals surface area contributed by atoms with Crippen LogP contribution in [0.1, 0.15) is 120 Å². The second kappa shape index (κ2) is 7.09. The van der Waals surface area contributed by atoms with E-state index in [-0.39, 0.29) is 22.5 Å². The average Bonchev–Trinajstić information content (AvgIpc) is 3.27. The van der Waals surface area contributed by atoms with Gasteiger partial charge >= 0.3 is 0 Å². The zero-order chi connectivity index (χ0) is 24.2. The Kier molecular flexibility index (Phi) is 5.22. The van der Waals surface area contributed by atoms with Gasteiger partial charge in [0.2, 0.25) is 0 Å². The number of fused-ring (bicyclic) bond motifs is 5. The summed E-state index contributed by atoms with van der Waals surface area (Å²) >= 11 is 0. The first-order valence-corrected chi connectivity index (χ1v) is 14.0. The van der Waals surface area contributed by atoms with Crippen molar-refractivity contribution in [2.24, 2.45) is 45.3 Å². The molecule has 0 aromatic rings. The Balaban J connectivity index is 1.45. The molecule has 188 valence electrons. The fourth-order valence-corrected chi connectivity index (χ4v) is 10.9. The zero-order valence-corrected chi connectivity index (χ0v) is 22.7. The first-order valence-electron chi connectivity index (χ1n) is 14.0. The number of hydrogen-bond donors (Lipinski definition) is 1. The molecule has 4 saturated carbocycles. The molecule has 1 N–H and O–H groups in total. The maximum atomic E-state index is 12.9. The third-order valence-electron chi connectivity index (χ3n) is 13.0. The molecule has 0 aromatic heterocycles. The Morgan fingerprint density at radius 2 is 1.45 bits per heavy atom. The smallest absolute Gasteiger partial charge is 0.138 e. The molecule has 5 aliphatic rings. The fourth-order valence-electron chi connectivity index (χ4n) is 10.9. The molecule has 3 heteroatoms. The number of carbonyl (C=O) groups excluding carboxylic acids is 1. The minimum Gasteiger partial charge on any atom is -0.388 e. The van der Waals surface area contributed by atoms with E-state index in [0.29, 0.717) is 34.4 Å². The van der Waals surface area contributed by atoms with Crippen LogP contribution in [0.4, 0.5) is 0 Å². The molecule has 33 heavy (non-hydrogen) atoms. The quantitative estimate of drug-likeness (QED) is 0.487. The Morgan fingerprint density at radius 3 is 2.09 bits per heavy atom. The highest BCUT2D eigenvalue weighted by atomic mass is 16.5. The second-order valence-corrected chi connectivity index (χ2v) is 15.1. The van der Waals surface area contributed by atoms with Crippen LogP contribution < -0.4 is 0 Å². The van der Waals surface area contributed by atoms with Gasteiger partial charge in [-0.15, -0.1) is 0 Å². The van der Waals surface area contributed by atoms with Crippen LogP contribution in [0, 0.1) is 45.3 Å². The molecule has 0 spiro atoms. The van der Waals surface area contributed by atoms with Gasteiger partial charge < -0.3 is 9.84 Å². The number of Topliss-reactive ketones (excluding diaryl/α,β-unsaturated/α-hetero) is 1. The Hall–Kier alpha value is -0.410. The highest BCUT2D eigenvalue weighted by Gasteiger charge is 2.70. The van der Waals surface area contributed by atoms with Crippen molar-refractivity contribution in [1.29, 1.82) is 0 Å². The van der Waals surface area contributed by atoms with Gasteiger partial charge in [-0.2, -0.15) is 0 Å². The van der Waals surface area contributed by atoms with E-state index >= 15 is 0 Å². The Bertz CT molecular complexity index is 825. The van der Waals surface area contributed by atoms with Gasteiger partial charge in [0.25, 0.3) is 0 Å². The van der Waals surface area contributed by atoms with E-state index in [9.17, 15) is 9.90 Å². The van der Waals surface area contributed by atoms with Crippen molar-refractivity contribution in [3.63, 3.8) is 0 Å². The third kappa shape index (κ3) is 3.09. The van der Waals surface area contributed by atoms with Crippen LogP contribution in [-0.2, 0) is 9.53 Å². The van der Waals surface area contributed by atoms with Gasteiger partial charge in [-0.3, -0.25) is 4.79 Å². The number of hydrogen-bond acceptors (Lipinski definition) is 3. The van der Waals surface area contributed by atoms with Crippen molar-refractivity contribution in [2.75, 3.05) is 0 Å². The number of rotatable bonds is 2. The lowest BCUT2D eigenvalue weighted by molar-refractivity contribution is -0.210. The monoisotopic (exact) mass is 458 g/mol. The van der Waals surface area contributed by atoms with Gasteiger partial charge in [0.15, 0.2) is 0 Å². The van der Waals surface area contributed by atoms with E-state index in [1.807, 2.05) is 13.8 Å². The molecular formula is C30H50O3. The number of ether oxygens (including phenoxy) is 1. The van der Waals surface area contributed by atoms with Crippen LogP contribution in [0.15, 0.2) is 0 Å². The van der Waals surface area contributed by atoms with E-state index in [4.69, 9.17) is 4.74 Å². The number of aliphatic hydroxyl groups is 1. The summed E-state index contributed by atoms with van der Waals surface area (Å²) in [6.45, 7) is 18.5. The fraction of sp³-hybridized carbons (Fsp3) is 0.967. The number of carbonyl (C=O) groups is 1. The molecule has 5 unspecified atom stereocenters. The maximum absolute atomic E-state index is 12.9. The summed E-state index contributed by atoms with van der Waals surface area (Å²) in [7, 11) is 0. The van der Waals surface area contributed by atoms with Crippen LogP contribution in [-0.4, -0.2) is 28.2 Å². The van der Waals surface area contributed by atoms with Crippen molar-refractivity contribution in [1.82, 2.24) is 0 Å². The van der Waals surface area contributed by atoms with Gasteiger partial charge in [-0.25, -0.2) is 0 Å². The summed E-state index contributed by atoms with van der Waals surface area (Å²) in [5, 5.41) is 10.6. The summed E-state index contributed by atoms with van der Waals surface area (Å²) < 4.78 is 6.72. The summed E-state index contributed by atoms with van der Waals surface area (Å²) in [6, 6.07) is 0. The maximum Gasteiger partial charge on any atom is 0.138 e. The lowest BCUT2D eigenvalue weighted by Crippen LogP contribution is -2.63. The summed E-state index contributed by atoms with van der Waals surface area (Å²) in [5.74, 6) is 3.06. The Labute approximate surface area is 202 Å². The molecule has 0 amide bonds. The molecule has 1 saturated heterocycles. The van der Waals surface area contributed by atoms with E-state index in [1.54, 1.807) is 0 Å². The summed E-state index contributed by atoms with van der Waals surface area (Å²) in [5.41, 5.74) is -0.0493. The molecule has 0 bridgehead atoms. The van der Waals surface area contributed by atoms with Crippen LogP contribution >= 0.6 is 0 Å². The van der Waals surface area contributed by atoms with Gasteiger partial charge in [0, 0.05) is 11.8 Å². The van der Waals surface area contributed by atoms with Crippen LogP contribution in [0.25, 0.3) is 0 Å². The SMILES string of the molecule is CC(C)(O)C1CC[C@@](C)(C2CC[C@]3(C)C2CCC2[C@@]4(C)CCC(=O)C(C)(C)C4CC[C@]23C)O1. The van der Waals surface area contributed by atoms with E-state index < -0.39 is 5.60 Å². The molecular weight excluding hydrogens is 408 g/mol. The minimum atomic E-state index is -0.762. The topological polar surface area (TPSA) is 46.5 Å². The average molecular weight is 459 g/mol.